The van der Waals surface area contributed by atoms with Crippen molar-refractivity contribution in [1.82, 2.24) is 14.9 Å². The van der Waals surface area contributed by atoms with E-state index in [1.807, 2.05) is 65.3 Å². The molecule has 0 spiro atoms. The molecule has 0 aliphatic carbocycles. The van der Waals surface area contributed by atoms with E-state index in [4.69, 9.17) is 0 Å². The van der Waals surface area contributed by atoms with Crippen molar-refractivity contribution < 1.29 is 9.18 Å². The molecule has 6 nitrogen and oxygen atoms in total. The predicted molar refractivity (Wildman–Crippen MR) is 119 cm³/mol. The lowest BCUT2D eigenvalue weighted by molar-refractivity contribution is -0.116. The van der Waals surface area contributed by atoms with Crippen molar-refractivity contribution in [3.05, 3.63) is 96.3 Å². The highest BCUT2D eigenvalue weighted by Gasteiger charge is 2.38. The number of amides is 1. The number of fused-ring (bicyclic) bond motifs is 1. The monoisotopic (exact) mass is 431 g/mol. The number of nitrogens with one attached hydrogen (secondary N) is 2. The summed E-state index contributed by atoms with van der Waals surface area (Å²) in [5.74, 6) is -0.126. The lowest BCUT2D eigenvalue weighted by atomic mass is 10.0. The average Bonchev–Trinajstić information content (AvgIpc) is 3.24. The minimum Gasteiger partial charge on any atom is -0.323 e. The van der Waals surface area contributed by atoms with Gasteiger partial charge < -0.3 is 10.7 Å². The third-order valence-electron chi connectivity index (χ3n) is 5.02. The van der Waals surface area contributed by atoms with E-state index >= 15 is 0 Å². The van der Waals surface area contributed by atoms with E-state index in [9.17, 15) is 9.18 Å². The molecule has 0 saturated heterocycles. The summed E-state index contributed by atoms with van der Waals surface area (Å²) in [6.45, 7) is 0. The van der Waals surface area contributed by atoms with Crippen molar-refractivity contribution in [2.45, 2.75) is 16.4 Å². The number of hydrogen-bond donors (Lipinski definition) is 2. The molecule has 0 unspecified atom stereocenters. The van der Waals surface area contributed by atoms with Crippen LogP contribution in [0, 0.1) is 5.82 Å². The summed E-state index contributed by atoms with van der Waals surface area (Å²) < 4.78 is 15.9. The number of halogens is 1. The Kier molecular flexibility index (Phi) is 5.13. The molecule has 1 aliphatic rings. The molecular weight excluding hydrogens is 413 g/mol. The molecule has 2 heterocycles. The fourth-order valence-corrected chi connectivity index (χ4v) is 4.59. The van der Waals surface area contributed by atoms with Crippen molar-refractivity contribution >= 4 is 23.4 Å². The summed E-state index contributed by atoms with van der Waals surface area (Å²) in [7, 11) is 0. The molecule has 3 aromatic carbocycles. The molecule has 0 bridgehead atoms. The summed E-state index contributed by atoms with van der Waals surface area (Å²) in [5.41, 5.74) is 5.40. The van der Waals surface area contributed by atoms with E-state index in [2.05, 4.69) is 20.9 Å². The quantitative estimate of drug-likeness (QED) is 0.498. The maximum atomic E-state index is 14.1. The maximum Gasteiger partial charge on any atom is 0.240 e. The zero-order chi connectivity index (χ0) is 21.2. The van der Waals surface area contributed by atoms with Crippen LogP contribution in [0.5, 0.6) is 0 Å². The highest BCUT2D eigenvalue weighted by molar-refractivity contribution is 8.00. The summed E-state index contributed by atoms with van der Waals surface area (Å²) in [6, 6.07) is 25.2. The van der Waals surface area contributed by atoms with Crippen molar-refractivity contribution in [1.29, 1.82) is 0 Å². The molecule has 1 aromatic heterocycles. The first-order valence-electron chi connectivity index (χ1n) is 9.75. The van der Waals surface area contributed by atoms with E-state index in [1.165, 1.54) is 17.8 Å². The van der Waals surface area contributed by atoms with Crippen LogP contribution < -0.4 is 10.7 Å². The van der Waals surface area contributed by atoms with Crippen molar-refractivity contribution in [3.63, 3.8) is 0 Å². The number of para-hydroxylation sites is 1. The molecule has 1 amide bonds. The maximum absolute atomic E-state index is 14.1. The second-order valence-corrected chi connectivity index (χ2v) is 8.14. The van der Waals surface area contributed by atoms with Gasteiger partial charge >= 0.3 is 0 Å². The Hall–Kier alpha value is -3.65. The Bertz CT molecular complexity index is 1220. The van der Waals surface area contributed by atoms with Crippen molar-refractivity contribution in [2.75, 3.05) is 10.7 Å². The van der Waals surface area contributed by atoms with Crippen LogP contribution >= 0.6 is 11.8 Å². The molecule has 4 aromatic rings. The van der Waals surface area contributed by atoms with Gasteiger partial charge in [-0.05, 0) is 17.7 Å². The Morgan fingerprint density at radius 1 is 0.935 bits per heavy atom. The van der Waals surface area contributed by atoms with Crippen LogP contribution in [0.15, 0.2) is 90.1 Å². The fraction of sp³-hybridized carbons (Fsp3) is 0.0870. The van der Waals surface area contributed by atoms with Crippen LogP contribution in [0.25, 0.3) is 11.4 Å². The predicted octanol–water partition coefficient (Wildman–Crippen LogP) is 4.48. The summed E-state index contributed by atoms with van der Waals surface area (Å²) >= 11 is 1.30. The number of thioether (sulfide) groups is 1. The Balaban J connectivity index is 1.51. The van der Waals surface area contributed by atoms with E-state index in [-0.39, 0.29) is 17.6 Å². The van der Waals surface area contributed by atoms with Gasteiger partial charge in [-0.15, -0.1) is 10.2 Å². The highest BCUT2D eigenvalue weighted by Crippen LogP contribution is 2.39. The minimum absolute atomic E-state index is 0.150. The van der Waals surface area contributed by atoms with Gasteiger partial charge in [-0.1, -0.05) is 84.6 Å². The second-order valence-electron chi connectivity index (χ2n) is 7.03. The number of carbonyl (C=O) groups excluding carboxylic acids is 1. The van der Waals surface area contributed by atoms with Gasteiger partial charge in [-0.2, -0.15) is 0 Å². The summed E-state index contributed by atoms with van der Waals surface area (Å²) in [5, 5.41) is 11.3. The van der Waals surface area contributed by atoms with Crippen molar-refractivity contribution in [2.24, 2.45) is 0 Å². The van der Waals surface area contributed by atoms with E-state index in [0.717, 1.165) is 11.1 Å². The van der Waals surface area contributed by atoms with Crippen LogP contribution in [0.3, 0.4) is 0 Å². The lowest BCUT2D eigenvalue weighted by Crippen LogP contribution is -2.41. The SMILES string of the molecule is O=C(Nc1ccccc1F)[C@@H]1Sc2nnc(-c3ccccc3)n2N[C@@H]1c1ccccc1. The number of aromatic nitrogens is 3. The first-order valence-corrected chi connectivity index (χ1v) is 10.6. The molecule has 0 radical (unpaired) electrons. The fourth-order valence-electron chi connectivity index (χ4n) is 3.51. The zero-order valence-corrected chi connectivity index (χ0v) is 17.1. The zero-order valence-electron chi connectivity index (χ0n) is 16.3. The van der Waals surface area contributed by atoms with E-state index in [0.29, 0.717) is 11.0 Å². The van der Waals surface area contributed by atoms with Gasteiger partial charge in [0, 0.05) is 5.56 Å². The Labute approximate surface area is 182 Å². The Morgan fingerprint density at radius 2 is 1.61 bits per heavy atom. The third-order valence-corrected chi connectivity index (χ3v) is 6.23. The molecule has 31 heavy (non-hydrogen) atoms. The van der Waals surface area contributed by atoms with Crippen LogP contribution in [0.4, 0.5) is 10.1 Å². The van der Waals surface area contributed by atoms with Gasteiger partial charge in [0.2, 0.25) is 11.1 Å². The number of hydrogen-bond acceptors (Lipinski definition) is 5. The van der Waals surface area contributed by atoms with Gasteiger partial charge in [0.25, 0.3) is 0 Å². The number of anilines is 1. The van der Waals surface area contributed by atoms with Gasteiger partial charge in [-0.3, -0.25) is 4.79 Å². The molecule has 8 heteroatoms. The van der Waals surface area contributed by atoms with Gasteiger partial charge in [0.15, 0.2) is 5.82 Å². The molecule has 0 saturated carbocycles. The average molecular weight is 431 g/mol. The third kappa shape index (κ3) is 3.77. The molecule has 1 aliphatic heterocycles. The van der Waals surface area contributed by atoms with Crippen LogP contribution in [0.2, 0.25) is 0 Å². The molecular formula is C23H18FN5OS. The van der Waals surface area contributed by atoms with Gasteiger partial charge in [-0.25, -0.2) is 9.07 Å². The summed E-state index contributed by atoms with van der Waals surface area (Å²) in [4.78, 5) is 13.2. The summed E-state index contributed by atoms with van der Waals surface area (Å²) in [6.07, 6.45) is 0. The van der Waals surface area contributed by atoms with Gasteiger partial charge in [0.1, 0.15) is 11.1 Å². The Morgan fingerprint density at radius 3 is 2.35 bits per heavy atom. The van der Waals surface area contributed by atoms with Crippen molar-refractivity contribution in [3.8, 4) is 11.4 Å². The number of rotatable bonds is 4. The van der Waals surface area contributed by atoms with Crippen LogP contribution in [-0.2, 0) is 4.79 Å². The van der Waals surface area contributed by atoms with Crippen LogP contribution in [-0.4, -0.2) is 26.0 Å². The smallest absolute Gasteiger partial charge is 0.240 e. The van der Waals surface area contributed by atoms with E-state index in [1.54, 1.807) is 18.2 Å². The number of nitrogens with zero attached hydrogens (tertiary/aromatic N) is 3. The van der Waals surface area contributed by atoms with Crippen LogP contribution in [0.1, 0.15) is 11.6 Å². The topological polar surface area (TPSA) is 71.8 Å². The normalized spacial score (nSPS) is 17.5. The number of carbonyl (C=O) groups is 1. The van der Waals surface area contributed by atoms with E-state index < -0.39 is 11.1 Å². The molecule has 0 fully saturated rings. The minimum atomic E-state index is -0.581. The first kappa shape index (κ1) is 19.3. The molecule has 154 valence electrons. The first-order chi connectivity index (χ1) is 15.2. The second kappa shape index (κ2) is 8.23. The molecule has 2 atom stereocenters. The lowest BCUT2D eigenvalue weighted by Gasteiger charge is -2.33. The largest absolute Gasteiger partial charge is 0.323 e. The van der Waals surface area contributed by atoms with Gasteiger partial charge in [0.05, 0.1) is 11.7 Å². The number of benzene rings is 3. The molecule has 5 rings (SSSR count). The molecule has 2 N–H and O–H groups in total. The standard InChI is InChI=1S/C23H18FN5OS/c24-17-13-7-8-14-18(17)25-22(30)20-19(15-9-3-1-4-10-15)28-29-21(26-27-23(29)31-20)16-11-5-2-6-12-16/h1-14,19-20,28H,(H,25,30)/t19-,20-/m1/s1. The highest BCUT2D eigenvalue weighted by atomic mass is 32.2.